The van der Waals surface area contributed by atoms with Crippen LogP contribution in [0, 0.1) is 0 Å². The molecule has 0 saturated carbocycles. The van der Waals surface area contributed by atoms with E-state index >= 15 is 0 Å². The van der Waals surface area contributed by atoms with Gasteiger partial charge in [0, 0.05) is 23.7 Å². The molecule has 188 valence electrons. The summed E-state index contributed by atoms with van der Waals surface area (Å²) in [5.74, 6) is 1.22. The van der Waals surface area contributed by atoms with Gasteiger partial charge >= 0.3 is 0 Å². The van der Waals surface area contributed by atoms with E-state index in [9.17, 15) is 14.7 Å². The van der Waals surface area contributed by atoms with Crippen molar-refractivity contribution in [1.82, 2.24) is 10.2 Å². The molecule has 0 unspecified atom stereocenters. The first-order valence-electron chi connectivity index (χ1n) is 11.8. The molecule has 2 amide bonds. The maximum absolute atomic E-state index is 12.6. The van der Waals surface area contributed by atoms with Gasteiger partial charge in [0.2, 0.25) is 11.8 Å². The van der Waals surface area contributed by atoms with E-state index in [-0.39, 0.29) is 49.5 Å². The fourth-order valence-electron chi connectivity index (χ4n) is 4.68. The third kappa shape index (κ3) is 6.11. The highest BCUT2D eigenvalue weighted by molar-refractivity contribution is 5.92. The number of ether oxygens (including phenoxy) is 3. The third-order valence-corrected chi connectivity index (χ3v) is 6.30. The minimum absolute atomic E-state index is 0.0408. The maximum atomic E-state index is 12.6. The highest BCUT2D eigenvalue weighted by atomic mass is 16.6. The molecule has 0 radical (unpaired) electrons. The number of fused-ring (bicyclic) bond motifs is 3. The van der Waals surface area contributed by atoms with Crippen LogP contribution in [0.1, 0.15) is 29.9 Å². The molecular weight excluding hydrogens is 450 g/mol. The summed E-state index contributed by atoms with van der Waals surface area (Å²) in [5, 5.41) is 15.8. The number of methoxy groups -OCH3 is 1. The number of hydrogen-bond donors (Lipinski definition) is 3. The van der Waals surface area contributed by atoms with Crippen LogP contribution in [0.2, 0.25) is 0 Å². The SMILES string of the molecule is COc1ccc(CNC(=O)C[C@H]2C[C@@H]3c4cc(NC(=O)CN(C)C)ccc4O[C@@H]3[C@H](CO)O2)cc1. The van der Waals surface area contributed by atoms with Crippen LogP contribution in [0.5, 0.6) is 11.5 Å². The van der Waals surface area contributed by atoms with Crippen molar-refractivity contribution >= 4 is 17.5 Å². The highest BCUT2D eigenvalue weighted by Gasteiger charge is 2.46. The number of anilines is 1. The first kappa shape index (κ1) is 25.0. The normalized spacial score (nSPS) is 22.7. The molecule has 1 saturated heterocycles. The van der Waals surface area contributed by atoms with Crippen molar-refractivity contribution in [2.75, 3.05) is 39.7 Å². The van der Waals surface area contributed by atoms with Gasteiger partial charge in [0.1, 0.15) is 23.7 Å². The van der Waals surface area contributed by atoms with Gasteiger partial charge in [-0.25, -0.2) is 0 Å². The molecule has 0 spiro atoms. The average molecular weight is 484 g/mol. The molecule has 2 aliphatic rings. The van der Waals surface area contributed by atoms with E-state index in [1.807, 2.05) is 56.6 Å². The number of nitrogens with one attached hydrogen (secondary N) is 2. The Kier molecular flexibility index (Phi) is 7.90. The molecule has 9 nitrogen and oxygen atoms in total. The van der Waals surface area contributed by atoms with E-state index < -0.39 is 6.10 Å². The first-order valence-corrected chi connectivity index (χ1v) is 11.8. The zero-order chi connectivity index (χ0) is 24.9. The lowest BCUT2D eigenvalue weighted by Gasteiger charge is -2.37. The lowest BCUT2D eigenvalue weighted by molar-refractivity contribution is -0.142. The van der Waals surface area contributed by atoms with Crippen LogP contribution in [0.25, 0.3) is 0 Å². The van der Waals surface area contributed by atoms with Gasteiger partial charge < -0.3 is 34.9 Å². The first-order chi connectivity index (χ1) is 16.9. The molecule has 4 rings (SSSR count). The monoisotopic (exact) mass is 483 g/mol. The fourth-order valence-corrected chi connectivity index (χ4v) is 4.68. The van der Waals surface area contributed by atoms with Crippen LogP contribution in [0.3, 0.4) is 0 Å². The number of carbonyl (C=O) groups is 2. The fraction of sp³-hybridized carbons (Fsp3) is 0.462. The van der Waals surface area contributed by atoms with Crippen molar-refractivity contribution in [2.45, 2.75) is 43.6 Å². The van der Waals surface area contributed by atoms with E-state index in [0.717, 1.165) is 22.6 Å². The zero-order valence-electron chi connectivity index (χ0n) is 20.3. The molecule has 0 aliphatic carbocycles. The summed E-state index contributed by atoms with van der Waals surface area (Å²) in [6.07, 6.45) is -0.455. The van der Waals surface area contributed by atoms with Crippen LogP contribution in [-0.2, 0) is 20.9 Å². The molecule has 2 aromatic rings. The number of nitrogens with zero attached hydrogens (tertiary/aromatic N) is 1. The van der Waals surface area contributed by atoms with Crippen LogP contribution in [0.4, 0.5) is 5.69 Å². The minimum atomic E-state index is -0.535. The second-order valence-corrected chi connectivity index (χ2v) is 9.27. The summed E-state index contributed by atoms with van der Waals surface area (Å²) in [6.45, 7) is 0.492. The average Bonchev–Trinajstić information content (AvgIpc) is 3.20. The van der Waals surface area contributed by atoms with Crippen LogP contribution < -0.4 is 20.1 Å². The van der Waals surface area contributed by atoms with Crippen LogP contribution >= 0.6 is 0 Å². The van der Waals surface area contributed by atoms with Gasteiger partial charge in [0.05, 0.1) is 32.8 Å². The molecule has 35 heavy (non-hydrogen) atoms. The van der Waals surface area contributed by atoms with Gasteiger partial charge in [-0.05, 0) is 56.4 Å². The Labute approximate surface area is 205 Å². The predicted octanol–water partition coefficient (Wildman–Crippen LogP) is 1.90. The highest BCUT2D eigenvalue weighted by Crippen LogP contribution is 2.47. The Balaban J connectivity index is 1.39. The van der Waals surface area contributed by atoms with E-state index in [1.54, 1.807) is 12.0 Å². The summed E-state index contributed by atoms with van der Waals surface area (Å²) in [5.41, 5.74) is 2.63. The van der Waals surface area contributed by atoms with Crippen molar-refractivity contribution in [3.05, 3.63) is 53.6 Å². The second kappa shape index (κ2) is 11.1. The van der Waals surface area contributed by atoms with Gasteiger partial charge in [-0.2, -0.15) is 0 Å². The minimum Gasteiger partial charge on any atom is -0.497 e. The van der Waals surface area contributed by atoms with Crippen molar-refractivity contribution < 1.29 is 28.9 Å². The molecule has 9 heteroatoms. The quantitative estimate of drug-likeness (QED) is 0.500. The lowest BCUT2D eigenvalue weighted by Crippen LogP contribution is -2.47. The molecule has 0 aromatic heterocycles. The summed E-state index contributed by atoms with van der Waals surface area (Å²) in [6, 6.07) is 13.1. The molecular formula is C26H33N3O6. The molecule has 3 N–H and O–H groups in total. The van der Waals surface area contributed by atoms with Gasteiger partial charge in [-0.15, -0.1) is 0 Å². The van der Waals surface area contributed by atoms with E-state index in [2.05, 4.69) is 10.6 Å². The second-order valence-electron chi connectivity index (χ2n) is 9.27. The van der Waals surface area contributed by atoms with Crippen molar-refractivity contribution in [2.24, 2.45) is 0 Å². The molecule has 4 atom stereocenters. The molecule has 2 heterocycles. The van der Waals surface area contributed by atoms with E-state index in [4.69, 9.17) is 14.2 Å². The molecule has 2 aromatic carbocycles. The van der Waals surface area contributed by atoms with Gasteiger partial charge in [-0.1, -0.05) is 12.1 Å². The Hall–Kier alpha value is -3.14. The predicted molar refractivity (Wildman–Crippen MR) is 131 cm³/mol. The Morgan fingerprint density at radius 2 is 1.91 bits per heavy atom. The number of aliphatic hydroxyl groups is 1. The third-order valence-electron chi connectivity index (χ3n) is 6.30. The zero-order valence-corrected chi connectivity index (χ0v) is 20.3. The van der Waals surface area contributed by atoms with Gasteiger partial charge in [0.15, 0.2) is 0 Å². The largest absolute Gasteiger partial charge is 0.497 e. The summed E-state index contributed by atoms with van der Waals surface area (Å²) >= 11 is 0. The van der Waals surface area contributed by atoms with Gasteiger partial charge in [-0.3, -0.25) is 9.59 Å². The standard InChI is InChI=1S/C26H33N3O6/c1-29(2)14-25(32)28-17-6-9-22-20(10-17)21-11-19(34-23(15-30)26(21)35-22)12-24(31)27-13-16-4-7-18(33-3)8-5-16/h4-10,19,21,23,26,30H,11-15H2,1-3H3,(H,27,31)(H,28,32)/t19-,21-,23+,26+/m1/s1. The number of benzene rings is 2. The van der Waals surface area contributed by atoms with Crippen LogP contribution in [0.15, 0.2) is 42.5 Å². The van der Waals surface area contributed by atoms with Crippen molar-refractivity contribution in [1.29, 1.82) is 0 Å². The molecule has 2 aliphatic heterocycles. The smallest absolute Gasteiger partial charge is 0.238 e. The van der Waals surface area contributed by atoms with Gasteiger partial charge in [0.25, 0.3) is 0 Å². The number of amides is 2. The Morgan fingerprint density at radius 1 is 1.14 bits per heavy atom. The summed E-state index contributed by atoms with van der Waals surface area (Å²) < 4.78 is 17.3. The van der Waals surface area contributed by atoms with E-state index in [0.29, 0.717) is 18.7 Å². The number of aliphatic hydroxyl groups excluding tert-OH is 1. The van der Waals surface area contributed by atoms with Crippen molar-refractivity contribution in [3.63, 3.8) is 0 Å². The van der Waals surface area contributed by atoms with Crippen LogP contribution in [-0.4, -0.2) is 74.5 Å². The summed E-state index contributed by atoms with van der Waals surface area (Å²) in [4.78, 5) is 26.6. The Morgan fingerprint density at radius 3 is 2.60 bits per heavy atom. The van der Waals surface area contributed by atoms with E-state index in [1.165, 1.54) is 0 Å². The number of likely N-dealkylation sites (N-methyl/N-ethyl adjacent to an activating group) is 1. The molecule has 0 bridgehead atoms. The Bertz CT molecular complexity index is 1040. The number of carbonyl (C=O) groups excluding carboxylic acids is 2. The number of rotatable bonds is 9. The van der Waals surface area contributed by atoms with Crippen molar-refractivity contribution in [3.8, 4) is 11.5 Å². The molecule has 1 fully saturated rings. The topological polar surface area (TPSA) is 109 Å². The number of hydrogen-bond acceptors (Lipinski definition) is 7. The summed E-state index contributed by atoms with van der Waals surface area (Å²) in [7, 11) is 5.29. The lowest BCUT2D eigenvalue weighted by atomic mass is 9.84. The maximum Gasteiger partial charge on any atom is 0.238 e.